The number of piperidine rings is 1. The Morgan fingerprint density at radius 1 is 0.970 bits per heavy atom. The van der Waals surface area contributed by atoms with Crippen molar-refractivity contribution in [2.24, 2.45) is 0 Å². The van der Waals surface area contributed by atoms with Crippen LogP contribution in [0.15, 0.2) is 48.5 Å². The van der Waals surface area contributed by atoms with Gasteiger partial charge in [-0.05, 0) is 68.0 Å². The molecule has 174 valence electrons. The summed E-state index contributed by atoms with van der Waals surface area (Å²) in [5.74, 6) is 0.0426. The highest BCUT2D eigenvalue weighted by Crippen LogP contribution is 2.32. The number of anilines is 1. The average molecular weight is 451 g/mol. The standard InChI is InChI=1S/C26H30N2O5/c29-24-13-10-19-5-1-2-6-23(19)28(24)21-14-16-27(17-15-21)26(32)20-8-11-22(12-9-20)33-18-4-3-7-25(30)31/h1-2,5-6,8-9,11-12,21H,3-4,7,10,13-18H2,(H,30,31). The maximum absolute atomic E-state index is 13.0. The van der Waals surface area contributed by atoms with Crippen LogP contribution in [0.2, 0.25) is 0 Å². The van der Waals surface area contributed by atoms with Crippen molar-refractivity contribution in [3.63, 3.8) is 0 Å². The first-order chi connectivity index (χ1) is 16.0. The number of nitrogens with zero attached hydrogens (tertiary/aromatic N) is 2. The fourth-order valence-corrected chi connectivity index (χ4v) is 4.63. The van der Waals surface area contributed by atoms with Gasteiger partial charge in [-0.15, -0.1) is 0 Å². The largest absolute Gasteiger partial charge is 0.494 e. The Kier molecular flexibility index (Phi) is 7.27. The lowest BCUT2D eigenvalue weighted by atomic mass is 9.95. The van der Waals surface area contributed by atoms with Crippen LogP contribution in [0.1, 0.15) is 54.4 Å². The van der Waals surface area contributed by atoms with Crippen LogP contribution in [0.25, 0.3) is 0 Å². The van der Waals surface area contributed by atoms with Crippen molar-refractivity contribution < 1.29 is 24.2 Å². The third-order valence-electron chi connectivity index (χ3n) is 6.40. The van der Waals surface area contributed by atoms with Gasteiger partial charge in [-0.2, -0.15) is 0 Å². The number of carboxylic acid groups (broad SMARTS) is 1. The number of hydrogen-bond donors (Lipinski definition) is 1. The van der Waals surface area contributed by atoms with E-state index in [1.807, 2.05) is 28.0 Å². The van der Waals surface area contributed by atoms with Gasteiger partial charge in [0.05, 0.1) is 6.61 Å². The van der Waals surface area contributed by atoms with Gasteiger partial charge < -0.3 is 19.6 Å². The highest BCUT2D eigenvalue weighted by atomic mass is 16.5. The molecule has 2 aromatic carbocycles. The van der Waals surface area contributed by atoms with Crippen molar-refractivity contribution in [2.45, 2.75) is 51.0 Å². The number of para-hydroxylation sites is 1. The van der Waals surface area contributed by atoms with Gasteiger partial charge in [0, 0.05) is 43.2 Å². The third kappa shape index (κ3) is 5.53. The number of ether oxygens (including phenoxy) is 1. The Labute approximate surface area is 193 Å². The highest BCUT2D eigenvalue weighted by molar-refractivity contribution is 5.97. The zero-order valence-corrected chi connectivity index (χ0v) is 18.7. The molecular formula is C26H30N2O5. The fraction of sp³-hybridized carbons (Fsp3) is 0.423. The quantitative estimate of drug-likeness (QED) is 0.617. The minimum atomic E-state index is -0.797. The number of carboxylic acids is 1. The van der Waals surface area contributed by atoms with Crippen molar-refractivity contribution in [2.75, 3.05) is 24.6 Å². The summed E-state index contributed by atoms with van der Waals surface area (Å²) in [5, 5.41) is 8.66. The third-order valence-corrected chi connectivity index (χ3v) is 6.40. The molecule has 2 aliphatic heterocycles. The van der Waals surface area contributed by atoms with Crippen molar-refractivity contribution in [1.82, 2.24) is 4.90 Å². The molecule has 1 saturated heterocycles. The molecule has 2 heterocycles. The molecule has 0 aromatic heterocycles. The molecule has 2 amide bonds. The van der Waals surface area contributed by atoms with Crippen LogP contribution in [0, 0.1) is 0 Å². The van der Waals surface area contributed by atoms with Crippen LogP contribution in [0.4, 0.5) is 5.69 Å². The minimum Gasteiger partial charge on any atom is -0.494 e. The maximum Gasteiger partial charge on any atom is 0.303 e. The maximum atomic E-state index is 13.0. The van der Waals surface area contributed by atoms with Gasteiger partial charge in [-0.1, -0.05) is 18.2 Å². The van der Waals surface area contributed by atoms with E-state index in [0.29, 0.717) is 50.3 Å². The normalized spacial score (nSPS) is 16.4. The lowest BCUT2D eigenvalue weighted by Gasteiger charge is -2.41. The van der Waals surface area contributed by atoms with Gasteiger partial charge >= 0.3 is 5.97 Å². The Morgan fingerprint density at radius 3 is 2.42 bits per heavy atom. The van der Waals surface area contributed by atoms with Crippen molar-refractivity contribution in [3.05, 3.63) is 59.7 Å². The molecule has 4 rings (SSSR count). The predicted molar refractivity (Wildman–Crippen MR) is 125 cm³/mol. The molecule has 0 aliphatic carbocycles. The number of hydrogen-bond acceptors (Lipinski definition) is 4. The van der Waals surface area contributed by atoms with E-state index in [1.165, 1.54) is 5.56 Å². The number of fused-ring (bicyclic) bond motifs is 1. The van der Waals surface area contributed by atoms with Gasteiger partial charge in [0.1, 0.15) is 5.75 Å². The Balaban J connectivity index is 1.29. The van der Waals surface area contributed by atoms with E-state index in [0.717, 1.165) is 24.9 Å². The molecule has 0 saturated carbocycles. The topological polar surface area (TPSA) is 87.2 Å². The lowest BCUT2D eigenvalue weighted by molar-refractivity contribution is -0.137. The number of benzene rings is 2. The molecule has 0 unspecified atom stereocenters. The van der Waals surface area contributed by atoms with Crippen molar-refractivity contribution in [1.29, 1.82) is 0 Å². The van der Waals surface area contributed by atoms with Crippen LogP contribution in [0.3, 0.4) is 0 Å². The summed E-state index contributed by atoms with van der Waals surface area (Å²) in [6.45, 7) is 1.70. The summed E-state index contributed by atoms with van der Waals surface area (Å²) < 4.78 is 5.63. The second-order valence-electron chi connectivity index (χ2n) is 8.64. The molecule has 2 aliphatic rings. The van der Waals surface area contributed by atoms with E-state index in [9.17, 15) is 14.4 Å². The Bertz CT molecular complexity index is 996. The molecule has 0 radical (unpaired) electrons. The van der Waals surface area contributed by atoms with E-state index in [1.54, 1.807) is 24.3 Å². The zero-order chi connectivity index (χ0) is 23.2. The van der Waals surface area contributed by atoms with Gasteiger partial charge in [0.2, 0.25) is 5.91 Å². The molecule has 0 spiro atoms. The fourth-order valence-electron chi connectivity index (χ4n) is 4.63. The molecule has 7 nitrogen and oxygen atoms in total. The van der Waals surface area contributed by atoms with E-state index >= 15 is 0 Å². The molecule has 33 heavy (non-hydrogen) atoms. The number of unbranched alkanes of at least 4 members (excludes halogenated alkanes) is 1. The molecular weight excluding hydrogens is 420 g/mol. The first kappa shape index (κ1) is 22.8. The number of aryl methyl sites for hydroxylation is 1. The number of amides is 2. The van der Waals surface area contributed by atoms with E-state index < -0.39 is 5.97 Å². The summed E-state index contributed by atoms with van der Waals surface area (Å²) in [6.07, 6.45) is 4.27. The second kappa shape index (κ2) is 10.5. The van der Waals surface area contributed by atoms with Crippen LogP contribution < -0.4 is 9.64 Å². The number of carbonyl (C=O) groups excluding carboxylic acids is 2. The van der Waals surface area contributed by atoms with Crippen LogP contribution in [-0.4, -0.2) is 53.5 Å². The molecule has 0 bridgehead atoms. The summed E-state index contributed by atoms with van der Waals surface area (Å²) in [6, 6.07) is 15.3. The minimum absolute atomic E-state index is 0.00757. The lowest BCUT2D eigenvalue weighted by Crippen LogP contribution is -2.50. The number of rotatable bonds is 8. The SMILES string of the molecule is O=C(O)CCCCOc1ccc(C(=O)N2CCC(N3C(=O)CCc4ccccc43)CC2)cc1. The first-order valence-corrected chi connectivity index (χ1v) is 11.7. The summed E-state index contributed by atoms with van der Waals surface area (Å²) >= 11 is 0. The molecule has 1 fully saturated rings. The van der Waals surface area contributed by atoms with Gasteiger partial charge in [-0.3, -0.25) is 14.4 Å². The van der Waals surface area contributed by atoms with Gasteiger partial charge in [0.25, 0.3) is 5.91 Å². The van der Waals surface area contributed by atoms with E-state index in [4.69, 9.17) is 9.84 Å². The van der Waals surface area contributed by atoms with Gasteiger partial charge in [0.15, 0.2) is 0 Å². The first-order valence-electron chi connectivity index (χ1n) is 11.7. The second-order valence-corrected chi connectivity index (χ2v) is 8.64. The smallest absolute Gasteiger partial charge is 0.303 e. The molecule has 7 heteroatoms. The van der Waals surface area contributed by atoms with Gasteiger partial charge in [-0.25, -0.2) is 0 Å². The number of carbonyl (C=O) groups is 3. The van der Waals surface area contributed by atoms with Crippen LogP contribution >= 0.6 is 0 Å². The number of likely N-dealkylation sites (tertiary alicyclic amines) is 1. The van der Waals surface area contributed by atoms with Crippen molar-refractivity contribution >= 4 is 23.5 Å². The average Bonchev–Trinajstić information content (AvgIpc) is 2.84. The Hall–Kier alpha value is -3.35. The molecule has 0 atom stereocenters. The summed E-state index contributed by atoms with van der Waals surface area (Å²) in [5.41, 5.74) is 2.86. The highest BCUT2D eigenvalue weighted by Gasteiger charge is 2.33. The van der Waals surface area contributed by atoms with Crippen LogP contribution in [-0.2, 0) is 16.0 Å². The molecule has 1 N–H and O–H groups in total. The van der Waals surface area contributed by atoms with E-state index in [2.05, 4.69) is 6.07 Å². The van der Waals surface area contributed by atoms with E-state index in [-0.39, 0.29) is 24.3 Å². The summed E-state index contributed by atoms with van der Waals surface area (Å²) in [4.78, 5) is 40.0. The molecule has 2 aromatic rings. The summed E-state index contributed by atoms with van der Waals surface area (Å²) in [7, 11) is 0. The Morgan fingerprint density at radius 2 is 1.70 bits per heavy atom. The monoisotopic (exact) mass is 450 g/mol. The van der Waals surface area contributed by atoms with Crippen molar-refractivity contribution in [3.8, 4) is 5.75 Å². The zero-order valence-electron chi connectivity index (χ0n) is 18.7. The predicted octanol–water partition coefficient (Wildman–Crippen LogP) is 3.90. The number of aliphatic carboxylic acids is 1. The van der Waals surface area contributed by atoms with Crippen LogP contribution in [0.5, 0.6) is 5.75 Å².